The lowest BCUT2D eigenvalue weighted by molar-refractivity contribution is -0.385. The van der Waals surface area contributed by atoms with Crippen LogP contribution in [0, 0.1) is 10.1 Å². The Morgan fingerprint density at radius 2 is 2.35 bits per heavy atom. The molecule has 0 saturated carbocycles. The molecule has 0 unspecified atom stereocenters. The maximum Gasteiger partial charge on any atom is 0.284 e. The van der Waals surface area contributed by atoms with Gasteiger partial charge in [0.1, 0.15) is 0 Å². The highest BCUT2D eigenvalue weighted by Gasteiger charge is 2.11. The van der Waals surface area contributed by atoms with Crippen LogP contribution in [-0.4, -0.2) is 22.3 Å². The predicted molar refractivity (Wildman–Crippen MR) is 64.9 cm³/mol. The molecule has 0 bridgehead atoms. The van der Waals surface area contributed by atoms with Crippen molar-refractivity contribution in [1.29, 1.82) is 0 Å². The van der Waals surface area contributed by atoms with Crippen molar-refractivity contribution in [3.8, 4) is 0 Å². The van der Waals surface area contributed by atoms with Crippen LogP contribution in [0.3, 0.4) is 0 Å². The molecule has 0 aliphatic carbocycles. The van der Waals surface area contributed by atoms with E-state index in [0.717, 1.165) is 0 Å². The lowest BCUT2D eigenvalue weighted by Gasteiger charge is -1.96. The molecule has 4 N–H and O–H groups in total. The third-order valence-electron chi connectivity index (χ3n) is 1.65. The first kappa shape index (κ1) is 13.1. The lowest BCUT2D eigenvalue weighted by atomic mass is 10.2. The molecule has 0 atom stereocenters. The minimum absolute atomic E-state index is 0.0776. The van der Waals surface area contributed by atoms with Gasteiger partial charge in [-0.2, -0.15) is 5.10 Å². The number of nitro benzene ring substituents is 1. The van der Waals surface area contributed by atoms with Crippen LogP contribution < -0.4 is 11.2 Å². The quantitative estimate of drug-likeness (QED) is 0.332. The summed E-state index contributed by atoms with van der Waals surface area (Å²) in [4.78, 5) is 10.1. The van der Waals surface area contributed by atoms with Gasteiger partial charge in [-0.1, -0.05) is 6.07 Å². The molecule has 9 heteroatoms. The molecule has 0 fully saturated rings. The zero-order chi connectivity index (χ0) is 12.8. The zero-order valence-corrected chi connectivity index (χ0v) is 9.96. The molecule has 90 valence electrons. The van der Waals surface area contributed by atoms with Gasteiger partial charge in [0.2, 0.25) is 5.96 Å². The summed E-state index contributed by atoms with van der Waals surface area (Å²) in [5.41, 5.74) is 7.09. The summed E-state index contributed by atoms with van der Waals surface area (Å²) in [7, 11) is 0. The van der Waals surface area contributed by atoms with Gasteiger partial charge in [-0.05, 0) is 22.0 Å². The van der Waals surface area contributed by atoms with Gasteiger partial charge in [0.25, 0.3) is 5.69 Å². The number of guanidine groups is 1. The Hall–Kier alpha value is -2.00. The van der Waals surface area contributed by atoms with E-state index in [1.165, 1.54) is 18.3 Å². The number of rotatable bonds is 3. The first-order chi connectivity index (χ1) is 8.04. The number of nitrogens with two attached hydrogens (primary N) is 1. The van der Waals surface area contributed by atoms with E-state index < -0.39 is 4.92 Å². The first-order valence-corrected chi connectivity index (χ1v) is 5.04. The second-order valence-corrected chi connectivity index (χ2v) is 3.66. The zero-order valence-electron chi connectivity index (χ0n) is 8.37. The van der Waals surface area contributed by atoms with Crippen molar-refractivity contribution in [2.75, 3.05) is 0 Å². The Bertz CT molecular complexity index is 488. The fraction of sp³-hybridized carbons (Fsp3) is 0. The van der Waals surface area contributed by atoms with Crippen molar-refractivity contribution < 1.29 is 10.1 Å². The maximum atomic E-state index is 10.6. The van der Waals surface area contributed by atoms with Crippen LogP contribution in [0.1, 0.15) is 5.56 Å². The maximum absolute atomic E-state index is 10.6. The van der Waals surface area contributed by atoms with E-state index >= 15 is 0 Å². The lowest BCUT2D eigenvalue weighted by Crippen LogP contribution is -2.27. The molecule has 0 aliphatic rings. The molecule has 0 aromatic heterocycles. The minimum atomic E-state index is -0.520. The summed E-state index contributed by atoms with van der Waals surface area (Å²) in [6.07, 6.45) is 1.27. The molecule has 1 aromatic rings. The minimum Gasteiger partial charge on any atom is -0.367 e. The molecular formula is C8H8BrN5O3. The van der Waals surface area contributed by atoms with E-state index in [4.69, 9.17) is 10.9 Å². The van der Waals surface area contributed by atoms with Gasteiger partial charge in [0.15, 0.2) is 0 Å². The van der Waals surface area contributed by atoms with Crippen molar-refractivity contribution >= 4 is 33.8 Å². The van der Waals surface area contributed by atoms with Crippen LogP contribution >= 0.6 is 15.9 Å². The molecular weight excluding hydrogens is 294 g/mol. The van der Waals surface area contributed by atoms with Gasteiger partial charge in [-0.15, -0.1) is 5.10 Å². The largest absolute Gasteiger partial charge is 0.367 e. The highest BCUT2D eigenvalue weighted by Crippen LogP contribution is 2.24. The molecule has 1 aromatic carbocycles. The Kier molecular flexibility index (Phi) is 4.55. The van der Waals surface area contributed by atoms with Gasteiger partial charge in [0.05, 0.1) is 15.6 Å². The van der Waals surface area contributed by atoms with Gasteiger partial charge in [-0.3, -0.25) is 15.3 Å². The number of nitro groups is 1. The van der Waals surface area contributed by atoms with Crippen molar-refractivity contribution in [1.82, 2.24) is 5.48 Å². The van der Waals surface area contributed by atoms with Crippen molar-refractivity contribution in [2.24, 2.45) is 15.9 Å². The summed E-state index contributed by atoms with van der Waals surface area (Å²) in [5, 5.41) is 25.8. The van der Waals surface area contributed by atoms with E-state index in [1.807, 2.05) is 0 Å². The molecule has 0 radical (unpaired) electrons. The summed E-state index contributed by atoms with van der Waals surface area (Å²) in [6.45, 7) is 0. The van der Waals surface area contributed by atoms with Crippen LogP contribution in [0.15, 0.2) is 32.9 Å². The van der Waals surface area contributed by atoms with Crippen LogP contribution in [0.2, 0.25) is 0 Å². The Morgan fingerprint density at radius 3 is 2.94 bits per heavy atom. The second kappa shape index (κ2) is 5.92. The Labute approximate surface area is 104 Å². The molecule has 0 amide bonds. The number of hydrogen-bond donors (Lipinski definition) is 3. The number of nitrogens with one attached hydrogen (secondary N) is 1. The standard InChI is InChI=1S/C8H8BrN5O3/c9-6-2-1-5(3-7(6)14(16)17)4-11-12-8(10)13-15/h1-4,15H,(H3,10,12,13)/b11-4+. The van der Waals surface area contributed by atoms with Crippen LogP contribution in [-0.2, 0) is 0 Å². The molecule has 1 rings (SSSR count). The van der Waals surface area contributed by atoms with Crippen molar-refractivity contribution in [2.45, 2.75) is 0 Å². The fourth-order valence-corrected chi connectivity index (χ4v) is 1.32. The summed E-state index contributed by atoms with van der Waals surface area (Å²) < 4.78 is 0.375. The number of halogens is 1. The number of hydroxylamine groups is 1. The van der Waals surface area contributed by atoms with Gasteiger partial charge < -0.3 is 5.73 Å². The fourth-order valence-electron chi connectivity index (χ4n) is 0.930. The number of benzene rings is 1. The molecule has 0 heterocycles. The Morgan fingerprint density at radius 1 is 1.65 bits per heavy atom. The Balaban J connectivity index is 2.94. The normalized spacial score (nSPS) is 11.8. The van der Waals surface area contributed by atoms with E-state index in [-0.39, 0.29) is 11.6 Å². The number of hydrogen-bond acceptors (Lipinski definition) is 5. The molecule has 8 nitrogen and oxygen atoms in total. The van der Waals surface area contributed by atoms with Crippen molar-refractivity contribution in [3.63, 3.8) is 0 Å². The topological polar surface area (TPSA) is 126 Å². The average Bonchev–Trinajstić information content (AvgIpc) is 2.30. The van der Waals surface area contributed by atoms with Crippen LogP contribution in [0.4, 0.5) is 5.69 Å². The van der Waals surface area contributed by atoms with E-state index in [0.29, 0.717) is 10.0 Å². The molecule has 0 spiro atoms. The first-order valence-electron chi connectivity index (χ1n) is 4.25. The van der Waals surface area contributed by atoms with Crippen LogP contribution in [0.25, 0.3) is 0 Å². The van der Waals surface area contributed by atoms with Gasteiger partial charge >= 0.3 is 0 Å². The van der Waals surface area contributed by atoms with Gasteiger partial charge in [-0.25, -0.2) is 5.48 Å². The third kappa shape index (κ3) is 3.81. The number of nitrogens with zero attached hydrogens (tertiary/aromatic N) is 3. The monoisotopic (exact) mass is 301 g/mol. The van der Waals surface area contributed by atoms with E-state index in [1.54, 1.807) is 11.5 Å². The third-order valence-corrected chi connectivity index (χ3v) is 2.32. The highest BCUT2D eigenvalue weighted by atomic mass is 79.9. The van der Waals surface area contributed by atoms with Crippen LogP contribution in [0.5, 0.6) is 0 Å². The summed E-state index contributed by atoms with van der Waals surface area (Å²) in [6, 6.07) is 4.46. The second-order valence-electron chi connectivity index (χ2n) is 2.81. The summed E-state index contributed by atoms with van der Waals surface area (Å²) in [5.74, 6) is -0.284. The smallest absolute Gasteiger partial charge is 0.284 e. The average molecular weight is 302 g/mol. The predicted octanol–water partition coefficient (Wildman–Crippen LogP) is 0.985. The van der Waals surface area contributed by atoms with E-state index in [9.17, 15) is 10.1 Å². The van der Waals surface area contributed by atoms with Crippen molar-refractivity contribution in [3.05, 3.63) is 38.3 Å². The van der Waals surface area contributed by atoms with E-state index in [2.05, 4.69) is 26.1 Å². The molecule has 17 heavy (non-hydrogen) atoms. The SMILES string of the molecule is NC(=N/N=C/c1ccc(Br)c([N+](=O)[O-])c1)NO. The van der Waals surface area contributed by atoms with Gasteiger partial charge in [0, 0.05) is 11.6 Å². The molecule has 0 saturated heterocycles. The highest BCUT2D eigenvalue weighted by molar-refractivity contribution is 9.10. The molecule has 0 aliphatic heterocycles. The summed E-state index contributed by atoms with van der Waals surface area (Å²) >= 11 is 3.06.